The van der Waals surface area contributed by atoms with Gasteiger partial charge in [0.1, 0.15) is 5.82 Å². The summed E-state index contributed by atoms with van der Waals surface area (Å²) >= 11 is 2.22. The molecule has 0 fully saturated rings. The van der Waals surface area contributed by atoms with Crippen LogP contribution in [-0.2, 0) is 0 Å². The summed E-state index contributed by atoms with van der Waals surface area (Å²) in [5, 5.41) is 0.626. The summed E-state index contributed by atoms with van der Waals surface area (Å²) in [6.45, 7) is 4.09. The number of aromatic nitrogens is 2. The maximum Gasteiger partial charge on any atom is 0.266 e. The van der Waals surface area contributed by atoms with Crippen LogP contribution in [0.4, 0.5) is 0 Å². The molecule has 4 heteroatoms. The van der Waals surface area contributed by atoms with Gasteiger partial charge in [-0.3, -0.25) is 9.36 Å². The number of halogens is 1. The Kier molecular flexibility index (Phi) is 5.13. The molecule has 1 heterocycles. The van der Waals surface area contributed by atoms with Gasteiger partial charge in [-0.05, 0) is 84.0 Å². The molecule has 0 aliphatic carbocycles. The molecule has 0 saturated carbocycles. The van der Waals surface area contributed by atoms with Crippen LogP contribution in [0.3, 0.4) is 0 Å². The zero-order valence-electron chi connectivity index (χ0n) is 15.7. The number of aryl methyl sites for hydroxylation is 2. The second-order valence-corrected chi connectivity index (χ2v) is 8.10. The summed E-state index contributed by atoms with van der Waals surface area (Å²) in [5.74, 6) is 0.616. The first-order chi connectivity index (χ1) is 13.5. The Morgan fingerprint density at radius 3 is 2.43 bits per heavy atom. The third kappa shape index (κ3) is 3.78. The van der Waals surface area contributed by atoms with Gasteiger partial charge in [0, 0.05) is 3.57 Å². The average molecular weight is 478 g/mol. The quantitative estimate of drug-likeness (QED) is 0.350. The van der Waals surface area contributed by atoms with Crippen LogP contribution in [0.15, 0.2) is 71.5 Å². The molecule has 0 saturated heterocycles. The monoisotopic (exact) mass is 478 g/mol. The molecule has 28 heavy (non-hydrogen) atoms. The summed E-state index contributed by atoms with van der Waals surface area (Å²) in [7, 11) is 0. The van der Waals surface area contributed by atoms with E-state index in [2.05, 4.69) is 53.8 Å². The Balaban J connectivity index is 1.95. The van der Waals surface area contributed by atoms with Gasteiger partial charge in [-0.15, -0.1) is 0 Å². The Hall–Kier alpha value is -2.73. The van der Waals surface area contributed by atoms with Crippen LogP contribution in [-0.4, -0.2) is 9.55 Å². The van der Waals surface area contributed by atoms with E-state index in [1.54, 1.807) is 4.57 Å². The summed E-state index contributed by atoms with van der Waals surface area (Å²) < 4.78 is 2.71. The lowest BCUT2D eigenvalue weighted by atomic mass is 10.1. The number of rotatable bonds is 3. The first-order valence-electron chi connectivity index (χ1n) is 9.05. The zero-order valence-corrected chi connectivity index (χ0v) is 17.8. The number of fused-ring (bicyclic) bond motifs is 1. The van der Waals surface area contributed by atoms with E-state index in [9.17, 15) is 4.79 Å². The standard InChI is InChI=1S/C24H19IN2O/c1-16-6-8-18(9-7-16)10-13-23-26-22-12-11-19(25)15-21(22)24(28)27(23)20-5-3-4-17(2)14-20/h3-15H,1-2H3/b13-10+. The highest BCUT2D eigenvalue weighted by atomic mass is 127. The maximum absolute atomic E-state index is 13.4. The van der Waals surface area contributed by atoms with E-state index in [0.717, 1.165) is 20.4 Å². The number of hydrogen-bond donors (Lipinski definition) is 0. The van der Waals surface area contributed by atoms with Gasteiger partial charge in [0.15, 0.2) is 0 Å². The van der Waals surface area contributed by atoms with E-state index in [0.29, 0.717) is 16.7 Å². The molecule has 0 spiro atoms. The van der Waals surface area contributed by atoms with Gasteiger partial charge < -0.3 is 0 Å². The van der Waals surface area contributed by atoms with E-state index in [4.69, 9.17) is 4.98 Å². The fourth-order valence-electron chi connectivity index (χ4n) is 3.15. The van der Waals surface area contributed by atoms with Gasteiger partial charge in [0.25, 0.3) is 5.56 Å². The van der Waals surface area contributed by atoms with Gasteiger partial charge >= 0.3 is 0 Å². The molecule has 0 unspecified atom stereocenters. The minimum absolute atomic E-state index is 0.0577. The van der Waals surface area contributed by atoms with E-state index in [1.807, 2.05) is 61.5 Å². The maximum atomic E-state index is 13.4. The smallest absolute Gasteiger partial charge is 0.266 e. The molecule has 4 aromatic rings. The minimum atomic E-state index is -0.0577. The lowest BCUT2D eigenvalue weighted by Crippen LogP contribution is -2.22. The van der Waals surface area contributed by atoms with Crippen molar-refractivity contribution in [1.29, 1.82) is 0 Å². The second kappa shape index (κ2) is 7.72. The Labute approximate surface area is 177 Å². The molecule has 1 aromatic heterocycles. The molecular formula is C24H19IN2O. The first kappa shape index (κ1) is 18.6. The SMILES string of the molecule is Cc1ccc(/C=C/c2nc3ccc(I)cc3c(=O)n2-c2cccc(C)c2)cc1. The molecule has 0 amide bonds. The number of nitrogens with zero attached hydrogens (tertiary/aromatic N) is 2. The Morgan fingerprint density at radius 2 is 1.68 bits per heavy atom. The van der Waals surface area contributed by atoms with Crippen LogP contribution < -0.4 is 5.56 Å². The van der Waals surface area contributed by atoms with Crippen molar-refractivity contribution in [2.75, 3.05) is 0 Å². The predicted octanol–water partition coefficient (Wildman–Crippen LogP) is 5.78. The molecule has 4 rings (SSSR count). The van der Waals surface area contributed by atoms with E-state index >= 15 is 0 Å². The van der Waals surface area contributed by atoms with Crippen LogP contribution in [0.5, 0.6) is 0 Å². The highest BCUT2D eigenvalue weighted by molar-refractivity contribution is 14.1. The molecule has 0 N–H and O–H groups in total. The molecule has 0 bridgehead atoms. The second-order valence-electron chi connectivity index (χ2n) is 6.86. The summed E-state index contributed by atoms with van der Waals surface area (Å²) in [6.07, 6.45) is 3.90. The van der Waals surface area contributed by atoms with Gasteiger partial charge in [-0.2, -0.15) is 0 Å². The van der Waals surface area contributed by atoms with Gasteiger partial charge in [0.2, 0.25) is 0 Å². The van der Waals surface area contributed by atoms with Gasteiger partial charge in [0.05, 0.1) is 16.6 Å². The van der Waals surface area contributed by atoms with Crippen molar-refractivity contribution in [3.8, 4) is 5.69 Å². The molecular weight excluding hydrogens is 459 g/mol. The predicted molar refractivity (Wildman–Crippen MR) is 125 cm³/mol. The van der Waals surface area contributed by atoms with Crippen molar-refractivity contribution in [3.63, 3.8) is 0 Å². The molecule has 0 aliphatic rings. The van der Waals surface area contributed by atoms with Crippen molar-refractivity contribution >= 4 is 45.6 Å². The lowest BCUT2D eigenvalue weighted by molar-refractivity contribution is 0.942. The largest absolute Gasteiger partial charge is 0.268 e. The van der Waals surface area contributed by atoms with Gasteiger partial charge in [-0.25, -0.2) is 4.98 Å². The topological polar surface area (TPSA) is 34.9 Å². The van der Waals surface area contributed by atoms with Crippen LogP contribution >= 0.6 is 22.6 Å². The van der Waals surface area contributed by atoms with Gasteiger partial charge in [-0.1, -0.05) is 48.0 Å². The first-order valence-corrected chi connectivity index (χ1v) is 10.1. The third-order valence-electron chi connectivity index (χ3n) is 4.62. The zero-order chi connectivity index (χ0) is 19.7. The number of benzene rings is 3. The van der Waals surface area contributed by atoms with Crippen molar-refractivity contribution in [2.24, 2.45) is 0 Å². The molecule has 3 nitrogen and oxygen atoms in total. The van der Waals surface area contributed by atoms with Crippen molar-refractivity contribution in [3.05, 3.63) is 103 Å². The van der Waals surface area contributed by atoms with Crippen molar-refractivity contribution in [1.82, 2.24) is 9.55 Å². The lowest BCUT2D eigenvalue weighted by Gasteiger charge is -2.12. The Bertz CT molecular complexity index is 1250. The van der Waals surface area contributed by atoms with E-state index < -0.39 is 0 Å². The fourth-order valence-corrected chi connectivity index (χ4v) is 3.64. The molecule has 0 radical (unpaired) electrons. The Morgan fingerprint density at radius 1 is 0.893 bits per heavy atom. The number of hydrogen-bond acceptors (Lipinski definition) is 2. The highest BCUT2D eigenvalue weighted by Gasteiger charge is 2.11. The molecule has 138 valence electrons. The molecule has 0 atom stereocenters. The molecule has 0 aliphatic heterocycles. The van der Waals surface area contributed by atoms with E-state index in [1.165, 1.54) is 5.56 Å². The summed E-state index contributed by atoms with van der Waals surface area (Å²) in [6, 6.07) is 22.0. The van der Waals surface area contributed by atoms with Crippen LogP contribution in [0.25, 0.3) is 28.7 Å². The third-order valence-corrected chi connectivity index (χ3v) is 5.29. The normalized spacial score (nSPS) is 11.4. The highest BCUT2D eigenvalue weighted by Crippen LogP contribution is 2.18. The molecule has 3 aromatic carbocycles. The van der Waals surface area contributed by atoms with Crippen molar-refractivity contribution < 1.29 is 0 Å². The van der Waals surface area contributed by atoms with Crippen LogP contribution in [0.1, 0.15) is 22.5 Å². The van der Waals surface area contributed by atoms with Crippen LogP contribution in [0, 0.1) is 17.4 Å². The minimum Gasteiger partial charge on any atom is -0.268 e. The fraction of sp³-hybridized carbons (Fsp3) is 0.0833. The van der Waals surface area contributed by atoms with Crippen molar-refractivity contribution in [2.45, 2.75) is 13.8 Å². The average Bonchev–Trinajstić information content (AvgIpc) is 2.68. The summed E-state index contributed by atoms with van der Waals surface area (Å²) in [4.78, 5) is 18.1. The van der Waals surface area contributed by atoms with E-state index in [-0.39, 0.29) is 5.56 Å². The van der Waals surface area contributed by atoms with Crippen LogP contribution in [0.2, 0.25) is 0 Å². The summed E-state index contributed by atoms with van der Waals surface area (Å²) in [5.41, 5.74) is 4.85.